The molecule has 2 rings (SSSR count). The van der Waals surface area contributed by atoms with Crippen LogP contribution in [0.15, 0.2) is 27.2 Å². The molecule has 0 spiro atoms. The van der Waals surface area contributed by atoms with E-state index >= 15 is 0 Å². The molecule has 4 nitrogen and oxygen atoms in total. The van der Waals surface area contributed by atoms with Gasteiger partial charge in [0.1, 0.15) is 0 Å². The number of hydrogen-bond acceptors (Lipinski definition) is 4. The standard InChI is InChI=1S/C14H18BrN3O/c1-4-14(16,5-2)13-17-12(19-18-13)10-8-9(3)6-7-11(10)15/h6-8H,4-5,16H2,1-3H3. The van der Waals surface area contributed by atoms with Crippen molar-refractivity contribution in [2.24, 2.45) is 5.73 Å². The highest BCUT2D eigenvalue weighted by Gasteiger charge is 2.29. The Morgan fingerprint density at radius 1 is 1.32 bits per heavy atom. The van der Waals surface area contributed by atoms with Crippen LogP contribution < -0.4 is 5.73 Å². The molecule has 0 radical (unpaired) electrons. The van der Waals surface area contributed by atoms with Crippen molar-refractivity contribution in [3.05, 3.63) is 34.1 Å². The van der Waals surface area contributed by atoms with Crippen molar-refractivity contribution in [1.29, 1.82) is 0 Å². The third-order valence-corrected chi connectivity index (χ3v) is 4.18. The van der Waals surface area contributed by atoms with E-state index in [1.54, 1.807) is 0 Å². The lowest BCUT2D eigenvalue weighted by Gasteiger charge is -2.21. The molecule has 5 heteroatoms. The summed E-state index contributed by atoms with van der Waals surface area (Å²) in [5, 5.41) is 4.05. The number of benzene rings is 1. The summed E-state index contributed by atoms with van der Waals surface area (Å²) in [6, 6.07) is 6.01. The zero-order valence-electron chi connectivity index (χ0n) is 11.4. The van der Waals surface area contributed by atoms with Crippen molar-refractivity contribution >= 4 is 15.9 Å². The zero-order chi connectivity index (χ0) is 14.0. The first-order valence-electron chi connectivity index (χ1n) is 6.39. The molecule has 0 bridgehead atoms. The van der Waals surface area contributed by atoms with E-state index in [0.29, 0.717) is 11.7 Å². The SMILES string of the molecule is CCC(N)(CC)c1noc(-c2cc(C)ccc2Br)n1. The van der Waals surface area contributed by atoms with Gasteiger partial charge in [-0.3, -0.25) is 0 Å². The molecule has 19 heavy (non-hydrogen) atoms. The Labute approximate surface area is 121 Å². The van der Waals surface area contributed by atoms with Crippen LogP contribution >= 0.6 is 15.9 Å². The predicted molar refractivity (Wildman–Crippen MR) is 78.6 cm³/mol. The van der Waals surface area contributed by atoms with E-state index in [1.165, 1.54) is 0 Å². The van der Waals surface area contributed by atoms with Gasteiger partial charge in [-0.05, 0) is 47.8 Å². The molecule has 1 heterocycles. The maximum Gasteiger partial charge on any atom is 0.259 e. The van der Waals surface area contributed by atoms with Crippen molar-refractivity contribution < 1.29 is 4.52 Å². The van der Waals surface area contributed by atoms with Gasteiger partial charge in [0.2, 0.25) is 0 Å². The summed E-state index contributed by atoms with van der Waals surface area (Å²) in [5.41, 5.74) is 7.80. The van der Waals surface area contributed by atoms with Gasteiger partial charge in [-0.2, -0.15) is 4.98 Å². The molecule has 0 unspecified atom stereocenters. The summed E-state index contributed by atoms with van der Waals surface area (Å²) in [6.45, 7) is 6.09. The van der Waals surface area contributed by atoms with Crippen molar-refractivity contribution in [3.63, 3.8) is 0 Å². The van der Waals surface area contributed by atoms with Crippen LogP contribution in [-0.2, 0) is 5.54 Å². The van der Waals surface area contributed by atoms with E-state index in [2.05, 4.69) is 26.1 Å². The van der Waals surface area contributed by atoms with Gasteiger partial charge in [0.15, 0.2) is 5.82 Å². The number of aryl methyl sites for hydroxylation is 1. The Morgan fingerprint density at radius 3 is 2.63 bits per heavy atom. The summed E-state index contributed by atoms with van der Waals surface area (Å²) >= 11 is 3.50. The maximum absolute atomic E-state index is 6.28. The Bertz CT molecular complexity index is 576. The van der Waals surface area contributed by atoms with E-state index in [-0.39, 0.29) is 0 Å². The van der Waals surface area contributed by atoms with Gasteiger partial charge in [0.05, 0.1) is 11.1 Å². The van der Waals surface area contributed by atoms with Crippen LogP contribution in [0.4, 0.5) is 0 Å². The van der Waals surface area contributed by atoms with Gasteiger partial charge in [-0.1, -0.05) is 30.6 Å². The summed E-state index contributed by atoms with van der Waals surface area (Å²) in [7, 11) is 0. The molecule has 1 aromatic heterocycles. The lowest BCUT2D eigenvalue weighted by molar-refractivity contribution is 0.350. The van der Waals surface area contributed by atoms with Gasteiger partial charge in [0.25, 0.3) is 5.89 Å². The lowest BCUT2D eigenvalue weighted by Crippen LogP contribution is -2.36. The lowest BCUT2D eigenvalue weighted by atomic mass is 9.93. The first-order valence-corrected chi connectivity index (χ1v) is 7.19. The minimum absolute atomic E-state index is 0.502. The average molecular weight is 324 g/mol. The van der Waals surface area contributed by atoms with Crippen molar-refractivity contribution in [3.8, 4) is 11.5 Å². The van der Waals surface area contributed by atoms with Crippen LogP contribution in [0.2, 0.25) is 0 Å². The Balaban J connectivity index is 2.44. The molecule has 0 amide bonds. The van der Waals surface area contributed by atoms with Gasteiger partial charge >= 0.3 is 0 Å². The predicted octanol–water partition coefficient (Wildman–Crippen LogP) is 3.78. The molecule has 1 aromatic carbocycles. The Morgan fingerprint density at radius 2 is 2.00 bits per heavy atom. The summed E-state index contributed by atoms with van der Waals surface area (Å²) < 4.78 is 6.30. The van der Waals surface area contributed by atoms with Crippen LogP contribution in [0, 0.1) is 6.92 Å². The normalized spacial score (nSPS) is 11.8. The summed E-state index contributed by atoms with van der Waals surface area (Å²) in [5.74, 6) is 1.07. The van der Waals surface area contributed by atoms with Crippen LogP contribution in [-0.4, -0.2) is 10.1 Å². The number of rotatable bonds is 4. The molecule has 0 aliphatic heterocycles. The number of nitrogens with two attached hydrogens (primary N) is 1. The molecule has 0 aliphatic carbocycles. The zero-order valence-corrected chi connectivity index (χ0v) is 13.0. The topological polar surface area (TPSA) is 64.9 Å². The van der Waals surface area contributed by atoms with Gasteiger partial charge in [-0.25, -0.2) is 0 Å². The smallest absolute Gasteiger partial charge is 0.259 e. The summed E-state index contributed by atoms with van der Waals surface area (Å²) in [6.07, 6.45) is 1.55. The van der Waals surface area contributed by atoms with Crippen molar-refractivity contribution in [2.45, 2.75) is 39.2 Å². The van der Waals surface area contributed by atoms with Crippen LogP contribution in [0.3, 0.4) is 0 Å². The van der Waals surface area contributed by atoms with Crippen LogP contribution in [0.1, 0.15) is 38.1 Å². The second-order valence-electron chi connectivity index (χ2n) is 4.77. The fraction of sp³-hybridized carbons (Fsp3) is 0.429. The second kappa shape index (κ2) is 5.43. The Kier molecular flexibility index (Phi) is 4.06. The largest absolute Gasteiger partial charge is 0.334 e. The first-order chi connectivity index (χ1) is 9.00. The molecule has 2 N–H and O–H groups in total. The van der Waals surface area contributed by atoms with Gasteiger partial charge < -0.3 is 10.3 Å². The number of hydrogen-bond donors (Lipinski definition) is 1. The van der Waals surface area contributed by atoms with E-state index in [1.807, 2.05) is 39.0 Å². The molecule has 2 aromatic rings. The highest BCUT2D eigenvalue weighted by molar-refractivity contribution is 9.10. The van der Waals surface area contributed by atoms with Crippen molar-refractivity contribution in [2.75, 3.05) is 0 Å². The monoisotopic (exact) mass is 323 g/mol. The molecule has 0 aliphatic rings. The second-order valence-corrected chi connectivity index (χ2v) is 5.62. The molecule has 0 atom stereocenters. The van der Waals surface area contributed by atoms with E-state index in [9.17, 15) is 0 Å². The average Bonchev–Trinajstić information content (AvgIpc) is 2.90. The molecule has 102 valence electrons. The molecular weight excluding hydrogens is 306 g/mol. The Hall–Kier alpha value is -1.20. The molecule has 0 saturated carbocycles. The van der Waals surface area contributed by atoms with Gasteiger partial charge in [0, 0.05) is 4.47 Å². The van der Waals surface area contributed by atoms with E-state index in [0.717, 1.165) is 28.4 Å². The fourth-order valence-corrected chi connectivity index (χ4v) is 2.32. The fourth-order valence-electron chi connectivity index (χ4n) is 1.90. The summed E-state index contributed by atoms with van der Waals surface area (Å²) in [4.78, 5) is 4.46. The van der Waals surface area contributed by atoms with Gasteiger partial charge in [-0.15, -0.1) is 0 Å². The van der Waals surface area contributed by atoms with Crippen molar-refractivity contribution in [1.82, 2.24) is 10.1 Å². The minimum atomic E-state index is -0.516. The third-order valence-electron chi connectivity index (χ3n) is 3.49. The molecular formula is C14H18BrN3O. The van der Waals surface area contributed by atoms with Crippen LogP contribution in [0.25, 0.3) is 11.5 Å². The third kappa shape index (κ3) is 2.72. The number of nitrogens with zero attached hydrogens (tertiary/aromatic N) is 2. The number of halogens is 1. The highest BCUT2D eigenvalue weighted by Crippen LogP contribution is 2.30. The highest BCUT2D eigenvalue weighted by atomic mass is 79.9. The molecule has 0 fully saturated rings. The molecule has 0 saturated heterocycles. The minimum Gasteiger partial charge on any atom is -0.334 e. The maximum atomic E-state index is 6.28. The van der Waals surface area contributed by atoms with E-state index < -0.39 is 5.54 Å². The van der Waals surface area contributed by atoms with E-state index in [4.69, 9.17) is 10.3 Å². The number of aromatic nitrogens is 2. The first kappa shape index (κ1) is 14.2. The van der Waals surface area contributed by atoms with Crippen LogP contribution in [0.5, 0.6) is 0 Å². The quantitative estimate of drug-likeness (QED) is 0.929.